The first-order chi connectivity index (χ1) is 13.2. The predicted octanol–water partition coefficient (Wildman–Crippen LogP) is 1.27. The van der Waals surface area contributed by atoms with Crippen LogP contribution in [0.4, 0.5) is 4.79 Å². The molecular weight excluding hydrogens is 380 g/mol. The SMILES string of the molecule is CCN(CC)C(=O)N1CCN(C(C)C(=O)NS(=O)(=O)c2ccc(C)cc2)CC1. The van der Waals surface area contributed by atoms with Gasteiger partial charge in [0, 0.05) is 39.3 Å². The number of aryl methyl sites for hydroxylation is 1. The molecule has 1 saturated heterocycles. The average molecular weight is 411 g/mol. The van der Waals surface area contributed by atoms with E-state index in [4.69, 9.17) is 0 Å². The Bertz CT molecular complexity index is 783. The van der Waals surface area contributed by atoms with Crippen molar-refractivity contribution in [3.63, 3.8) is 0 Å². The van der Waals surface area contributed by atoms with Crippen molar-refractivity contribution < 1.29 is 18.0 Å². The number of amides is 3. The highest BCUT2D eigenvalue weighted by Crippen LogP contribution is 2.12. The number of hydrogen-bond donors (Lipinski definition) is 1. The van der Waals surface area contributed by atoms with Gasteiger partial charge in [-0.2, -0.15) is 0 Å². The van der Waals surface area contributed by atoms with Crippen molar-refractivity contribution in [3.05, 3.63) is 29.8 Å². The molecular formula is C19H30N4O4S. The maximum atomic E-state index is 12.5. The highest BCUT2D eigenvalue weighted by atomic mass is 32.2. The molecule has 1 heterocycles. The molecule has 1 aliphatic heterocycles. The van der Waals surface area contributed by atoms with Gasteiger partial charge in [0.25, 0.3) is 15.9 Å². The summed E-state index contributed by atoms with van der Waals surface area (Å²) in [4.78, 5) is 30.4. The lowest BCUT2D eigenvalue weighted by Gasteiger charge is -2.39. The largest absolute Gasteiger partial charge is 0.325 e. The lowest BCUT2D eigenvalue weighted by atomic mass is 10.2. The summed E-state index contributed by atoms with van der Waals surface area (Å²) in [7, 11) is -3.90. The zero-order valence-electron chi connectivity index (χ0n) is 17.0. The van der Waals surface area contributed by atoms with Gasteiger partial charge in [-0.05, 0) is 39.8 Å². The molecule has 1 N–H and O–H groups in total. The standard InChI is InChI=1S/C19H30N4O4S/c1-5-21(6-2)19(25)23-13-11-22(12-14-23)16(4)18(24)20-28(26,27)17-9-7-15(3)8-10-17/h7-10,16H,5-6,11-14H2,1-4H3,(H,20,24). The Balaban J connectivity index is 1.94. The number of carbonyl (C=O) groups is 2. The van der Waals surface area contributed by atoms with Crippen molar-refractivity contribution in [2.75, 3.05) is 39.3 Å². The molecule has 1 fully saturated rings. The van der Waals surface area contributed by atoms with Crippen LogP contribution in [0.15, 0.2) is 29.2 Å². The summed E-state index contributed by atoms with van der Waals surface area (Å²) in [6.45, 7) is 10.8. The molecule has 1 aliphatic rings. The normalized spacial score (nSPS) is 16.5. The van der Waals surface area contributed by atoms with Crippen molar-refractivity contribution in [1.29, 1.82) is 0 Å². The first-order valence-electron chi connectivity index (χ1n) is 9.60. The average Bonchev–Trinajstić information content (AvgIpc) is 2.68. The van der Waals surface area contributed by atoms with Crippen molar-refractivity contribution in [2.45, 2.75) is 38.6 Å². The molecule has 1 aromatic rings. The van der Waals surface area contributed by atoms with Crippen LogP contribution < -0.4 is 4.72 Å². The van der Waals surface area contributed by atoms with Gasteiger partial charge >= 0.3 is 6.03 Å². The van der Waals surface area contributed by atoms with Crippen LogP contribution >= 0.6 is 0 Å². The lowest BCUT2D eigenvalue weighted by Crippen LogP contribution is -2.57. The second kappa shape index (κ2) is 9.38. The van der Waals surface area contributed by atoms with Crippen LogP contribution in [0.1, 0.15) is 26.3 Å². The van der Waals surface area contributed by atoms with E-state index in [-0.39, 0.29) is 10.9 Å². The maximum absolute atomic E-state index is 12.5. The molecule has 156 valence electrons. The molecule has 0 aromatic heterocycles. The van der Waals surface area contributed by atoms with E-state index in [0.29, 0.717) is 39.3 Å². The minimum Gasteiger partial charge on any atom is -0.325 e. The van der Waals surface area contributed by atoms with E-state index < -0.39 is 22.0 Å². The number of urea groups is 1. The summed E-state index contributed by atoms with van der Waals surface area (Å²) in [5.74, 6) is -0.566. The lowest BCUT2D eigenvalue weighted by molar-refractivity contribution is -0.124. The van der Waals surface area contributed by atoms with E-state index in [0.717, 1.165) is 5.56 Å². The Morgan fingerprint density at radius 2 is 1.61 bits per heavy atom. The molecule has 28 heavy (non-hydrogen) atoms. The molecule has 0 bridgehead atoms. The van der Waals surface area contributed by atoms with Crippen molar-refractivity contribution in [2.24, 2.45) is 0 Å². The van der Waals surface area contributed by atoms with Gasteiger partial charge in [-0.25, -0.2) is 17.9 Å². The molecule has 1 aromatic carbocycles. The Labute approximate surface area is 167 Å². The van der Waals surface area contributed by atoms with Crippen LogP contribution in [-0.4, -0.2) is 80.4 Å². The van der Waals surface area contributed by atoms with Gasteiger partial charge in [0.1, 0.15) is 0 Å². The van der Waals surface area contributed by atoms with Gasteiger partial charge in [-0.15, -0.1) is 0 Å². The first-order valence-corrected chi connectivity index (χ1v) is 11.1. The van der Waals surface area contributed by atoms with E-state index in [2.05, 4.69) is 4.72 Å². The van der Waals surface area contributed by atoms with Gasteiger partial charge in [0.2, 0.25) is 0 Å². The topological polar surface area (TPSA) is 90.0 Å². The van der Waals surface area contributed by atoms with Crippen LogP contribution in [0.5, 0.6) is 0 Å². The zero-order chi connectivity index (χ0) is 20.9. The van der Waals surface area contributed by atoms with Gasteiger partial charge in [-0.3, -0.25) is 9.69 Å². The van der Waals surface area contributed by atoms with Crippen LogP contribution in [0, 0.1) is 6.92 Å². The number of sulfonamides is 1. The Hall–Kier alpha value is -2.13. The molecule has 9 heteroatoms. The quantitative estimate of drug-likeness (QED) is 0.763. The summed E-state index contributed by atoms with van der Waals surface area (Å²) in [5, 5.41) is 0. The Morgan fingerprint density at radius 3 is 2.11 bits per heavy atom. The number of piperazine rings is 1. The predicted molar refractivity (Wildman–Crippen MR) is 107 cm³/mol. The fourth-order valence-electron chi connectivity index (χ4n) is 3.15. The van der Waals surface area contributed by atoms with E-state index >= 15 is 0 Å². The van der Waals surface area contributed by atoms with Crippen molar-refractivity contribution in [1.82, 2.24) is 19.4 Å². The zero-order valence-corrected chi connectivity index (χ0v) is 17.8. The van der Waals surface area contributed by atoms with Crippen molar-refractivity contribution in [3.8, 4) is 0 Å². The third-order valence-electron chi connectivity index (χ3n) is 5.11. The third kappa shape index (κ3) is 5.23. The molecule has 0 spiro atoms. The van der Waals surface area contributed by atoms with Gasteiger partial charge in [0.05, 0.1) is 10.9 Å². The molecule has 8 nitrogen and oxygen atoms in total. The minimum absolute atomic E-state index is 0.00343. The molecule has 1 unspecified atom stereocenters. The molecule has 0 saturated carbocycles. The minimum atomic E-state index is -3.90. The number of rotatable bonds is 6. The number of nitrogens with one attached hydrogen (secondary N) is 1. The third-order valence-corrected chi connectivity index (χ3v) is 6.47. The second-order valence-corrected chi connectivity index (χ2v) is 8.62. The number of nitrogens with zero attached hydrogens (tertiary/aromatic N) is 3. The summed E-state index contributed by atoms with van der Waals surface area (Å²) in [6.07, 6.45) is 0. The van der Waals surface area contributed by atoms with Gasteiger partial charge in [-0.1, -0.05) is 17.7 Å². The van der Waals surface area contributed by atoms with Crippen LogP contribution in [0.3, 0.4) is 0 Å². The Morgan fingerprint density at radius 1 is 1.07 bits per heavy atom. The van der Waals surface area contributed by atoms with Gasteiger partial charge < -0.3 is 9.80 Å². The molecule has 1 atom stereocenters. The number of benzene rings is 1. The summed E-state index contributed by atoms with van der Waals surface area (Å²) < 4.78 is 27.0. The fraction of sp³-hybridized carbons (Fsp3) is 0.579. The van der Waals surface area contributed by atoms with Crippen molar-refractivity contribution >= 4 is 22.0 Å². The molecule has 0 aliphatic carbocycles. The highest BCUT2D eigenvalue weighted by molar-refractivity contribution is 7.90. The van der Waals surface area contributed by atoms with E-state index in [1.807, 2.05) is 25.7 Å². The van der Waals surface area contributed by atoms with Gasteiger partial charge in [0.15, 0.2) is 0 Å². The van der Waals surface area contributed by atoms with E-state index in [1.165, 1.54) is 12.1 Å². The summed E-state index contributed by atoms with van der Waals surface area (Å²) >= 11 is 0. The second-order valence-electron chi connectivity index (χ2n) is 6.94. The fourth-order valence-corrected chi connectivity index (χ4v) is 4.20. The molecule has 2 rings (SSSR count). The van der Waals surface area contributed by atoms with E-state index in [9.17, 15) is 18.0 Å². The van der Waals surface area contributed by atoms with Crippen LogP contribution in [-0.2, 0) is 14.8 Å². The monoisotopic (exact) mass is 410 g/mol. The maximum Gasteiger partial charge on any atom is 0.320 e. The van der Waals surface area contributed by atoms with Crippen LogP contribution in [0.2, 0.25) is 0 Å². The highest BCUT2D eigenvalue weighted by Gasteiger charge is 2.30. The number of carbonyl (C=O) groups excluding carboxylic acids is 2. The smallest absolute Gasteiger partial charge is 0.320 e. The summed E-state index contributed by atoms with van der Waals surface area (Å²) in [5.41, 5.74) is 0.941. The first kappa shape index (κ1) is 22.2. The van der Waals surface area contributed by atoms with E-state index in [1.54, 1.807) is 28.9 Å². The number of hydrogen-bond acceptors (Lipinski definition) is 5. The van der Waals surface area contributed by atoms with Crippen LogP contribution in [0.25, 0.3) is 0 Å². The summed E-state index contributed by atoms with van der Waals surface area (Å²) in [6, 6.07) is 5.73. The molecule has 3 amide bonds. The Kier molecular flexibility index (Phi) is 7.42. The molecule has 0 radical (unpaired) electrons.